The van der Waals surface area contributed by atoms with E-state index in [-0.39, 0.29) is 6.61 Å². The second kappa shape index (κ2) is 3.09. The highest BCUT2D eigenvalue weighted by molar-refractivity contribution is 4.92. The zero-order chi connectivity index (χ0) is 8.48. The first-order valence-corrected chi connectivity index (χ1v) is 4.08. The molecule has 66 valence electrons. The van der Waals surface area contributed by atoms with Crippen LogP contribution in [-0.2, 0) is 0 Å². The van der Waals surface area contributed by atoms with E-state index in [9.17, 15) is 10.2 Å². The predicted octanol–water partition coefficient (Wildman–Crippen LogP) is -0.109. The lowest BCUT2D eigenvalue weighted by atomic mass is 9.72. The van der Waals surface area contributed by atoms with Gasteiger partial charge in [-0.3, -0.25) is 0 Å². The van der Waals surface area contributed by atoms with Gasteiger partial charge in [-0.15, -0.1) is 0 Å². The Kier molecular flexibility index (Phi) is 2.52. The van der Waals surface area contributed by atoms with Crippen LogP contribution in [0.2, 0.25) is 0 Å². The normalized spacial score (nSPS) is 37.1. The van der Waals surface area contributed by atoms with E-state index in [0.717, 1.165) is 6.42 Å². The van der Waals surface area contributed by atoms with Crippen molar-refractivity contribution >= 4 is 0 Å². The molecule has 0 saturated heterocycles. The molecule has 3 N–H and O–H groups in total. The van der Waals surface area contributed by atoms with Gasteiger partial charge < -0.3 is 15.3 Å². The minimum atomic E-state index is -0.696. The summed E-state index contributed by atoms with van der Waals surface area (Å²) in [6, 6.07) is 0. The van der Waals surface area contributed by atoms with Crippen LogP contribution in [0.5, 0.6) is 0 Å². The number of rotatable bonds is 1. The van der Waals surface area contributed by atoms with Crippen LogP contribution < -0.4 is 0 Å². The van der Waals surface area contributed by atoms with Gasteiger partial charge in [0.05, 0.1) is 18.8 Å². The van der Waals surface area contributed by atoms with Crippen LogP contribution in [0.25, 0.3) is 0 Å². The first-order valence-electron chi connectivity index (χ1n) is 4.08. The van der Waals surface area contributed by atoms with E-state index in [4.69, 9.17) is 5.11 Å². The van der Waals surface area contributed by atoms with Crippen molar-refractivity contribution in [3.63, 3.8) is 0 Å². The van der Waals surface area contributed by atoms with Crippen molar-refractivity contribution in [2.24, 2.45) is 5.41 Å². The van der Waals surface area contributed by atoms with Crippen molar-refractivity contribution in [3.05, 3.63) is 0 Å². The van der Waals surface area contributed by atoms with Crippen molar-refractivity contribution in [2.75, 3.05) is 6.61 Å². The first kappa shape index (κ1) is 8.97. The lowest BCUT2D eigenvalue weighted by molar-refractivity contribution is -0.114. The Bertz CT molecular complexity index is 125. The summed E-state index contributed by atoms with van der Waals surface area (Å²) < 4.78 is 0. The van der Waals surface area contributed by atoms with Gasteiger partial charge in [0, 0.05) is 5.41 Å². The van der Waals surface area contributed by atoms with Gasteiger partial charge in [-0.2, -0.15) is 0 Å². The van der Waals surface area contributed by atoms with E-state index in [1.807, 2.05) is 0 Å². The quantitative estimate of drug-likeness (QED) is 0.501. The van der Waals surface area contributed by atoms with E-state index in [2.05, 4.69) is 0 Å². The maximum absolute atomic E-state index is 9.48. The zero-order valence-electron chi connectivity index (χ0n) is 6.82. The van der Waals surface area contributed by atoms with E-state index in [0.29, 0.717) is 12.8 Å². The highest BCUT2D eigenvalue weighted by Gasteiger charge is 2.41. The molecule has 1 fully saturated rings. The third-order valence-corrected chi connectivity index (χ3v) is 2.82. The molecule has 0 aromatic rings. The standard InChI is InChI=1S/C8H16O3/c1-8(5-9)6(10)3-2-4-7(8)11/h6-7,9-11H,2-5H2,1H3/t6-,7-/m0/s1. The fraction of sp³-hybridized carbons (Fsp3) is 1.00. The molecule has 2 atom stereocenters. The smallest absolute Gasteiger partial charge is 0.0640 e. The fourth-order valence-corrected chi connectivity index (χ4v) is 1.60. The van der Waals surface area contributed by atoms with Crippen molar-refractivity contribution in [1.29, 1.82) is 0 Å². The summed E-state index contributed by atoms with van der Waals surface area (Å²) >= 11 is 0. The summed E-state index contributed by atoms with van der Waals surface area (Å²) in [5.41, 5.74) is -0.696. The first-order chi connectivity index (χ1) is 5.11. The number of hydrogen-bond acceptors (Lipinski definition) is 3. The molecule has 0 heterocycles. The van der Waals surface area contributed by atoms with Gasteiger partial charge in [0.25, 0.3) is 0 Å². The average molecular weight is 160 g/mol. The monoisotopic (exact) mass is 160 g/mol. The van der Waals surface area contributed by atoms with Gasteiger partial charge in [-0.25, -0.2) is 0 Å². The molecule has 0 unspecified atom stereocenters. The van der Waals surface area contributed by atoms with Crippen LogP contribution in [0, 0.1) is 5.41 Å². The summed E-state index contributed by atoms with van der Waals surface area (Å²) in [5.74, 6) is 0. The summed E-state index contributed by atoms with van der Waals surface area (Å²) in [6.45, 7) is 1.58. The van der Waals surface area contributed by atoms with Crippen molar-refractivity contribution in [2.45, 2.75) is 38.4 Å². The SMILES string of the molecule is CC1(CO)[C@@H](O)CCC[C@@H]1O. The summed E-state index contributed by atoms with van der Waals surface area (Å²) in [7, 11) is 0. The van der Waals surface area contributed by atoms with Crippen LogP contribution in [-0.4, -0.2) is 34.1 Å². The van der Waals surface area contributed by atoms with Gasteiger partial charge >= 0.3 is 0 Å². The summed E-state index contributed by atoms with van der Waals surface area (Å²) in [5, 5.41) is 27.9. The zero-order valence-corrected chi connectivity index (χ0v) is 6.82. The number of hydrogen-bond donors (Lipinski definition) is 3. The molecular formula is C8H16O3. The molecule has 0 aromatic carbocycles. The van der Waals surface area contributed by atoms with E-state index >= 15 is 0 Å². The second-order valence-corrected chi connectivity index (χ2v) is 3.63. The molecular weight excluding hydrogens is 144 g/mol. The Morgan fingerprint density at radius 3 is 2.00 bits per heavy atom. The van der Waals surface area contributed by atoms with Crippen LogP contribution in [0.1, 0.15) is 26.2 Å². The molecule has 1 rings (SSSR count). The van der Waals surface area contributed by atoms with E-state index in [1.54, 1.807) is 6.92 Å². The van der Waals surface area contributed by atoms with Crippen molar-refractivity contribution in [3.8, 4) is 0 Å². The van der Waals surface area contributed by atoms with Gasteiger partial charge in [0.2, 0.25) is 0 Å². The molecule has 11 heavy (non-hydrogen) atoms. The van der Waals surface area contributed by atoms with Crippen LogP contribution in [0.15, 0.2) is 0 Å². The van der Waals surface area contributed by atoms with E-state index in [1.165, 1.54) is 0 Å². The summed E-state index contributed by atoms with van der Waals surface area (Å²) in [6.07, 6.45) is 1.10. The molecule has 1 aliphatic carbocycles. The third-order valence-electron chi connectivity index (χ3n) is 2.82. The molecule has 0 aromatic heterocycles. The molecule has 0 radical (unpaired) electrons. The van der Waals surface area contributed by atoms with Gasteiger partial charge in [0.15, 0.2) is 0 Å². The highest BCUT2D eigenvalue weighted by Crippen LogP contribution is 2.35. The maximum atomic E-state index is 9.48. The highest BCUT2D eigenvalue weighted by atomic mass is 16.3. The Hall–Kier alpha value is -0.120. The van der Waals surface area contributed by atoms with Gasteiger partial charge in [-0.1, -0.05) is 6.92 Å². The van der Waals surface area contributed by atoms with Crippen LogP contribution in [0.4, 0.5) is 0 Å². The number of aliphatic hydroxyl groups is 3. The molecule has 0 spiro atoms. The molecule has 3 heteroatoms. The average Bonchev–Trinajstić information content (AvgIpc) is 2.00. The Balaban J connectivity index is 2.69. The minimum absolute atomic E-state index is 0.144. The van der Waals surface area contributed by atoms with Crippen molar-refractivity contribution < 1.29 is 15.3 Å². The molecule has 0 aliphatic heterocycles. The second-order valence-electron chi connectivity index (χ2n) is 3.63. The Morgan fingerprint density at radius 2 is 1.73 bits per heavy atom. The lowest BCUT2D eigenvalue weighted by Crippen LogP contribution is -2.48. The molecule has 0 bridgehead atoms. The largest absolute Gasteiger partial charge is 0.396 e. The van der Waals surface area contributed by atoms with Crippen molar-refractivity contribution in [1.82, 2.24) is 0 Å². The fourth-order valence-electron chi connectivity index (χ4n) is 1.60. The van der Waals surface area contributed by atoms with Gasteiger partial charge in [0.1, 0.15) is 0 Å². The molecule has 1 aliphatic rings. The predicted molar refractivity (Wildman–Crippen MR) is 41.1 cm³/mol. The molecule has 0 amide bonds. The third kappa shape index (κ3) is 1.41. The molecule has 1 saturated carbocycles. The Morgan fingerprint density at radius 1 is 1.27 bits per heavy atom. The maximum Gasteiger partial charge on any atom is 0.0640 e. The summed E-state index contributed by atoms with van der Waals surface area (Å²) in [4.78, 5) is 0. The van der Waals surface area contributed by atoms with Crippen LogP contribution in [0.3, 0.4) is 0 Å². The molecule has 3 nitrogen and oxygen atoms in total. The van der Waals surface area contributed by atoms with Crippen LogP contribution >= 0.6 is 0 Å². The number of aliphatic hydroxyl groups excluding tert-OH is 3. The lowest BCUT2D eigenvalue weighted by Gasteiger charge is -2.40. The van der Waals surface area contributed by atoms with E-state index < -0.39 is 17.6 Å². The minimum Gasteiger partial charge on any atom is -0.396 e. The topological polar surface area (TPSA) is 60.7 Å². The van der Waals surface area contributed by atoms with Gasteiger partial charge in [-0.05, 0) is 19.3 Å². The Labute approximate surface area is 66.7 Å².